The molecule has 0 unspecified atom stereocenters. The summed E-state index contributed by atoms with van der Waals surface area (Å²) in [6.07, 6.45) is 0. The lowest BCUT2D eigenvalue weighted by atomic mass is 10.1. The van der Waals surface area contributed by atoms with Gasteiger partial charge < -0.3 is 19.4 Å². The fourth-order valence-electron chi connectivity index (χ4n) is 3.95. The Balaban J connectivity index is 1.40. The molecule has 1 N–H and O–H groups in total. The average Bonchev–Trinajstić information content (AvgIpc) is 3.17. The van der Waals surface area contributed by atoms with E-state index >= 15 is 0 Å². The maximum absolute atomic E-state index is 12.5. The van der Waals surface area contributed by atoms with Crippen molar-refractivity contribution >= 4 is 16.9 Å². The van der Waals surface area contributed by atoms with Crippen LogP contribution in [0, 0.1) is 27.7 Å². The number of carbonyl (C=O) groups is 1. The predicted molar refractivity (Wildman–Crippen MR) is 134 cm³/mol. The first kappa shape index (κ1) is 23.4. The third kappa shape index (κ3) is 5.57. The minimum Gasteiger partial charge on any atom is -0.491 e. The van der Waals surface area contributed by atoms with Crippen molar-refractivity contribution < 1.29 is 14.3 Å². The van der Waals surface area contributed by atoms with Gasteiger partial charge in [0.1, 0.15) is 23.9 Å². The van der Waals surface area contributed by atoms with Gasteiger partial charge >= 0.3 is 0 Å². The number of rotatable bonds is 9. The van der Waals surface area contributed by atoms with Crippen LogP contribution in [0.4, 0.5) is 0 Å². The van der Waals surface area contributed by atoms with Gasteiger partial charge in [-0.25, -0.2) is 4.98 Å². The summed E-state index contributed by atoms with van der Waals surface area (Å²) in [6, 6.07) is 20.1. The van der Waals surface area contributed by atoms with Crippen molar-refractivity contribution in [3.8, 4) is 11.5 Å². The average molecular weight is 458 g/mol. The second kappa shape index (κ2) is 10.4. The largest absolute Gasteiger partial charge is 0.491 e. The molecule has 0 aliphatic carbocycles. The number of nitrogens with one attached hydrogen (secondary N) is 1. The van der Waals surface area contributed by atoms with E-state index in [9.17, 15) is 4.79 Å². The van der Waals surface area contributed by atoms with Crippen molar-refractivity contribution in [2.24, 2.45) is 0 Å². The first-order valence-corrected chi connectivity index (χ1v) is 11.5. The monoisotopic (exact) mass is 457 g/mol. The topological polar surface area (TPSA) is 65.4 Å². The minimum absolute atomic E-state index is 0.0413. The Hall–Kier alpha value is -3.80. The molecule has 0 radical (unpaired) electrons. The molecule has 0 atom stereocenters. The Kier molecular flexibility index (Phi) is 7.16. The molecule has 0 saturated carbocycles. The SMILES string of the molecule is Cc1ccc(OCCn2c(CNC(=O)COc3cc(C)ccc3C)nc3ccccc32)c(C)c1. The Morgan fingerprint density at radius 3 is 2.47 bits per heavy atom. The number of fused-ring (bicyclic) bond motifs is 1. The van der Waals surface area contributed by atoms with E-state index in [2.05, 4.69) is 35.9 Å². The molecule has 1 aromatic heterocycles. The van der Waals surface area contributed by atoms with Crippen LogP contribution in [-0.2, 0) is 17.9 Å². The van der Waals surface area contributed by atoms with Crippen LogP contribution in [0.5, 0.6) is 11.5 Å². The van der Waals surface area contributed by atoms with Gasteiger partial charge in [0.05, 0.1) is 24.1 Å². The molecule has 0 spiro atoms. The highest BCUT2D eigenvalue weighted by molar-refractivity contribution is 5.78. The van der Waals surface area contributed by atoms with Gasteiger partial charge in [0.25, 0.3) is 5.91 Å². The molecule has 176 valence electrons. The fraction of sp³-hybridized carbons (Fsp3) is 0.286. The van der Waals surface area contributed by atoms with Crippen LogP contribution in [0.25, 0.3) is 11.0 Å². The van der Waals surface area contributed by atoms with E-state index in [0.29, 0.717) is 19.7 Å². The molecule has 4 aromatic rings. The third-order valence-corrected chi connectivity index (χ3v) is 5.78. The molecule has 0 saturated heterocycles. The van der Waals surface area contributed by atoms with E-state index in [-0.39, 0.29) is 12.5 Å². The van der Waals surface area contributed by atoms with Gasteiger partial charge in [0.2, 0.25) is 0 Å². The van der Waals surface area contributed by atoms with Crippen molar-refractivity contribution in [2.45, 2.75) is 40.8 Å². The van der Waals surface area contributed by atoms with Gasteiger partial charge in [0, 0.05) is 0 Å². The van der Waals surface area contributed by atoms with E-state index in [1.807, 2.05) is 62.4 Å². The third-order valence-electron chi connectivity index (χ3n) is 5.78. The van der Waals surface area contributed by atoms with Crippen LogP contribution >= 0.6 is 0 Å². The van der Waals surface area contributed by atoms with Crippen LogP contribution in [0.2, 0.25) is 0 Å². The minimum atomic E-state index is -0.189. The summed E-state index contributed by atoms with van der Waals surface area (Å²) in [6.45, 7) is 9.49. The van der Waals surface area contributed by atoms with Crippen LogP contribution in [0.1, 0.15) is 28.1 Å². The lowest BCUT2D eigenvalue weighted by Gasteiger charge is -2.13. The second-order valence-electron chi connectivity index (χ2n) is 8.62. The number of aromatic nitrogens is 2. The summed E-state index contributed by atoms with van der Waals surface area (Å²) >= 11 is 0. The molecular weight excluding hydrogens is 426 g/mol. The first-order chi connectivity index (χ1) is 16.4. The number of amides is 1. The molecule has 0 fully saturated rings. The number of benzene rings is 3. The molecule has 34 heavy (non-hydrogen) atoms. The Labute approximate surface area is 200 Å². The molecule has 0 aliphatic heterocycles. The Bertz CT molecular complexity index is 1310. The summed E-state index contributed by atoms with van der Waals surface area (Å²) in [5, 5.41) is 2.94. The maximum atomic E-state index is 12.5. The zero-order chi connectivity index (χ0) is 24.1. The van der Waals surface area contributed by atoms with Gasteiger partial charge in [-0.05, 0) is 68.7 Å². The number of carbonyl (C=O) groups excluding carboxylic acids is 1. The molecule has 0 bridgehead atoms. The summed E-state index contributed by atoms with van der Waals surface area (Å²) in [7, 11) is 0. The van der Waals surface area contributed by atoms with Crippen LogP contribution < -0.4 is 14.8 Å². The highest BCUT2D eigenvalue weighted by Gasteiger charge is 2.13. The molecule has 1 heterocycles. The zero-order valence-electron chi connectivity index (χ0n) is 20.2. The number of nitrogens with zero attached hydrogens (tertiary/aromatic N) is 2. The molecule has 4 rings (SSSR count). The summed E-state index contributed by atoms with van der Waals surface area (Å²) in [5.41, 5.74) is 6.34. The Morgan fingerprint density at radius 1 is 0.882 bits per heavy atom. The number of aryl methyl sites for hydroxylation is 4. The van der Waals surface area contributed by atoms with E-state index in [1.54, 1.807) is 0 Å². The first-order valence-electron chi connectivity index (χ1n) is 11.5. The highest BCUT2D eigenvalue weighted by Crippen LogP contribution is 2.21. The molecule has 0 aliphatic rings. The van der Waals surface area contributed by atoms with Crippen molar-refractivity contribution in [3.05, 3.63) is 88.7 Å². The summed E-state index contributed by atoms with van der Waals surface area (Å²) in [4.78, 5) is 17.2. The smallest absolute Gasteiger partial charge is 0.258 e. The summed E-state index contributed by atoms with van der Waals surface area (Å²) in [5.74, 6) is 2.20. The fourth-order valence-corrected chi connectivity index (χ4v) is 3.95. The lowest BCUT2D eigenvalue weighted by Crippen LogP contribution is -2.30. The zero-order valence-corrected chi connectivity index (χ0v) is 20.2. The second-order valence-corrected chi connectivity index (χ2v) is 8.62. The lowest BCUT2D eigenvalue weighted by molar-refractivity contribution is -0.123. The quantitative estimate of drug-likeness (QED) is 0.382. The Morgan fingerprint density at radius 2 is 1.65 bits per heavy atom. The molecular formula is C28H31N3O3. The van der Waals surface area contributed by atoms with E-state index in [1.165, 1.54) is 5.56 Å². The van der Waals surface area contributed by atoms with Gasteiger partial charge in [-0.15, -0.1) is 0 Å². The number of hydrogen-bond donors (Lipinski definition) is 1. The molecule has 3 aromatic carbocycles. The summed E-state index contributed by atoms with van der Waals surface area (Å²) < 4.78 is 13.9. The predicted octanol–water partition coefficient (Wildman–Crippen LogP) is 5.04. The van der Waals surface area contributed by atoms with Gasteiger partial charge in [-0.1, -0.05) is 42.0 Å². The molecule has 6 nitrogen and oxygen atoms in total. The van der Waals surface area contributed by atoms with Gasteiger partial charge in [0.15, 0.2) is 6.61 Å². The highest BCUT2D eigenvalue weighted by atomic mass is 16.5. The van der Waals surface area contributed by atoms with Crippen LogP contribution in [-0.4, -0.2) is 28.7 Å². The number of imidazole rings is 1. The molecule has 6 heteroatoms. The normalized spacial score (nSPS) is 10.9. The van der Waals surface area contributed by atoms with Crippen molar-refractivity contribution in [1.82, 2.24) is 14.9 Å². The standard InChI is InChI=1S/C28H31N3O3/c1-19-10-12-25(22(4)15-19)33-14-13-31-24-8-6-5-7-23(24)30-27(31)17-29-28(32)18-34-26-16-20(2)9-11-21(26)3/h5-12,15-16H,13-14,17-18H2,1-4H3,(H,29,32). The van der Waals surface area contributed by atoms with Crippen molar-refractivity contribution in [3.63, 3.8) is 0 Å². The molecule has 1 amide bonds. The van der Waals surface area contributed by atoms with Crippen LogP contribution in [0.15, 0.2) is 60.7 Å². The van der Waals surface area contributed by atoms with E-state index < -0.39 is 0 Å². The number of hydrogen-bond acceptors (Lipinski definition) is 4. The number of para-hydroxylation sites is 2. The van der Waals surface area contributed by atoms with Gasteiger partial charge in [-0.3, -0.25) is 4.79 Å². The van der Waals surface area contributed by atoms with Crippen LogP contribution in [0.3, 0.4) is 0 Å². The maximum Gasteiger partial charge on any atom is 0.258 e. The van der Waals surface area contributed by atoms with Gasteiger partial charge in [-0.2, -0.15) is 0 Å². The van der Waals surface area contributed by atoms with E-state index in [0.717, 1.165) is 45.0 Å². The van der Waals surface area contributed by atoms with Crippen molar-refractivity contribution in [1.29, 1.82) is 0 Å². The van der Waals surface area contributed by atoms with E-state index in [4.69, 9.17) is 14.5 Å². The van der Waals surface area contributed by atoms with Crippen molar-refractivity contribution in [2.75, 3.05) is 13.2 Å². The number of ether oxygens (including phenoxy) is 2.